The van der Waals surface area contributed by atoms with E-state index in [4.69, 9.17) is 5.73 Å². The molecule has 0 aliphatic rings. The summed E-state index contributed by atoms with van der Waals surface area (Å²) in [4.78, 5) is 8.91. The molecule has 2 heterocycles. The number of halogens is 1. The van der Waals surface area contributed by atoms with Crippen molar-refractivity contribution in [3.63, 3.8) is 0 Å². The summed E-state index contributed by atoms with van der Waals surface area (Å²) in [7, 11) is 0. The zero-order valence-corrected chi connectivity index (χ0v) is 12.9. The fraction of sp³-hybridized carbons (Fsp3) is 0.294. The van der Waals surface area contributed by atoms with Crippen LogP contribution >= 0.6 is 0 Å². The number of benzene rings is 1. The molecule has 4 nitrogen and oxygen atoms in total. The van der Waals surface area contributed by atoms with Gasteiger partial charge in [0.15, 0.2) is 0 Å². The van der Waals surface area contributed by atoms with Gasteiger partial charge in [0.05, 0.1) is 28.3 Å². The van der Waals surface area contributed by atoms with Crippen LogP contribution in [0.1, 0.15) is 38.7 Å². The van der Waals surface area contributed by atoms with Gasteiger partial charge < -0.3 is 10.3 Å². The van der Waals surface area contributed by atoms with E-state index < -0.39 is 0 Å². The molecule has 0 bridgehead atoms. The normalized spacial score (nSPS) is 13.0. The monoisotopic (exact) mass is 298 g/mol. The number of imidazole rings is 1. The Morgan fingerprint density at radius 3 is 2.50 bits per heavy atom. The van der Waals surface area contributed by atoms with Gasteiger partial charge in [0.2, 0.25) is 0 Å². The highest BCUT2D eigenvalue weighted by molar-refractivity contribution is 5.92. The molecule has 3 rings (SSSR count). The van der Waals surface area contributed by atoms with E-state index in [-0.39, 0.29) is 17.9 Å². The topological polar surface area (TPSA) is 56.7 Å². The molecule has 0 saturated heterocycles. The van der Waals surface area contributed by atoms with Crippen molar-refractivity contribution >= 4 is 11.0 Å². The van der Waals surface area contributed by atoms with Crippen molar-refractivity contribution in [3.05, 3.63) is 48.2 Å². The first-order chi connectivity index (χ1) is 10.5. The lowest BCUT2D eigenvalue weighted by Crippen LogP contribution is -2.15. The van der Waals surface area contributed by atoms with Crippen LogP contribution in [-0.4, -0.2) is 14.5 Å². The lowest BCUT2D eigenvalue weighted by molar-refractivity contribution is 0.556. The summed E-state index contributed by atoms with van der Waals surface area (Å²) < 4.78 is 16.6. The summed E-state index contributed by atoms with van der Waals surface area (Å²) in [6, 6.07) is 8.50. The molecule has 0 radical (unpaired) electrons. The molecule has 0 aliphatic carbocycles. The van der Waals surface area contributed by atoms with Gasteiger partial charge in [-0.2, -0.15) is 0 Å². The van der Waals surface area contributed by atoms with E-state index >= 15 is 0 Å². The lowest BCUT2D eigenvalue weighted by atomic mass is 10.1. The minimum atomic E-state index is -0.302. The number of pyridine rings is 1. The molecular weight excluding hydrogens is 279 g/mol. The van der Waals surface area contributed by atoms with Gasteiger partial charge in [-0.3, -0.25) is 4.98 Å². The first-order valence-electron chi connectivity index (χ1n) is 7.38. The molecule has 2 aromatic heterocycles. The van der Waals surface area contributed by atoms with Crippen LogP contribution in [0.2, 0.25) is 0 Å². The number of hydrogen-bond donors (Lipinski definition) is 1. The minimum absolute atomic E-state index is 0.121. The second kappa shape index (κ2) is 5.50. The molecule has 1 aromatic carbocycles. The van der Waals surface area contributed by atoms with Crippen LogP contribution in [0.5, 0.6) is 0 Å². The molecule has 5 heteroatoms. The maximum atomic E-state index is 14.5. The van der Waals surface area contributed by atoms with Gasteiger partial charge in [-0.25, -0.2) is 9.37 Å². The molecule has 2 N–H and O–H groups in total. The van der Waals surface area contributed by atoms with Crippen molar-refractivity contribution in [2.75, 3.05) is 0 Å². The predicted molar refractivity (Wildman–Crippen MR) is 85.9 cm³/mol. The van der Waals surface area contributed by atoms with Crippen LogP contribution in [0.25, 0.3) is 22.3 Å². The van der Waals surface area contributed by atoms with Gasteiger partial charge in [0, 0.05) is 12.2 Å². The highest BCUT2D eigenvalue weighted by atomic mass is 19.1. The van der Waals surface area contributed by atoms with Gasteiger partial charge in [-0.1, -0.05) is 6.07 Å². The average Bonchev–Trinajstić information content (AvgIpc) is 2.88. The highest BCUT2D eigenvalue weighted by Crippen LogP contribution is 2.33. The zero-order valence-electron chi connectivity index (χ0n) is 12.9. The number of rotatable bonds is 3. The maximum absolute atomic E-state index is 14.5. The van der Waals surface area contributed by atoms with Crippen LogP contribution in [0.4, 0.5) is 4.39 Å². The molecule has 0 spiro atoms. The third-order valence-electron chi connectivity index (χ3n) is 3.67. The third-order valence-corrected chi connectivity index (χ3v) is 3.67. The summed E-state index contributed by atoms with van der Waals surface area (Å²) >= 11 is 0. The molecule has 0 fully saturated rings. The summed E-state index contributed by atoms with van der Waals surface area (Å²) in [5.74, 6) is 0.456. The van der Waals surface area contributed by atoms with Gasteiger partial charge >= 0.3 is 0 Å². The lowest BCUT2D eigenvalue weighted by Gasteiger charge is -2.17. The Balaban J connectivity index is 2.43. The van der Waals surface area contributed by atoms with Crippen LogP contribution in [-0.2, 0) is 0 Å². The van der Waals surface area contributed by atoms with Crippen molar-refractivity contribution in [1.29, 1.82) is 0 Å². The third kappa shape index (κ3) is 2.27. The zero-order chi connectivity index (χ0) is 15.9. The second-order valence-corrected chi connectivity index (χ2v) is 5.73. The van der Waals surface area contributed by atoms with Gasteiger partial charge in [0.1, 0.15) is 11.6 Å². The van der Waals surface area contributed by atoms with Crippen molar-refractivity contribution < 1.29 is 4.39 Å². The number of hydrogen-bond acceptors (Lipinski definition) is 3. The molecule has 114 valence electrons. The Morgan fingerprint density at radius 1 is 1.14 bits per heavy atom. The minimum Gasteiger partial charge on any atom is -0.323 e. The molecule has 3 aromatic rings. The molecular formula is C17H19FN4. The summed E-state index contributed by atoms with van der Waals surface area (Å²) in [5, 5.41) is 0. The summed E-state index contributed by atoms with van der Waals surface area (Å²) in [5.41, 5.74) is 8.62. The Bertz CT molecular complexity index is 806. The van der Waals surface area contributed by atoms with Gasteiger partial charge in [0.25, 0.3) is 0 Å². The number of nitrogens with two attached hydrogens (primary N) is 1. The van der Waals surface area contributed by atoms with E-state index in [0.29, 0.717) is 11.3 Å². The number of fused-ring (bicyclic) bond motifs is 1. The van der Waals surface area contributed by atoms with Crippen molar-refractivity contribution in [2.45, 2.75) is 32.9 Å². The van der Waals surface area contributed by atoms with Crippen LogP contribution in [0, 0.1) is 5.82 Å². The van der Waals surface area contributed by atoms with E-state index in [1.165, 1.54) is 6.07 Å². The Morgan fingerprint density at radius 2 is 1.91 bits per heavy atom. The van der Waals surface area contributed by atoms with Crippen molar-refractivity contribution in [1.82, 2.24) is 14.5 Å². The van der Waals surface area contributed by atoms with E-state index in [1.54, 1.807) is 18.3 Å². The first-order valence-corrected chi connectivity index (χ1v) is 7.38. The maximum Gasteiger partial charge on any atom is 0.134 e. The molecule has 1 unspecified atom stereocenters. The second-order valence-electron chi connectivity index (χ2n) is 5.73. The Labute approximate surface area is 128 Å². The molecule has 22 heavy (non-hydrogen) atoms. The smallest absolute Gasteiger partial charge is 0.134 e. The molecule has 0 aliphatic heterocycles. The highest BCUT2D eigenvalue weighted by Gasteiger charge is 2.22. The van der Waals surface area contributed by atoms with Crippen molar-refractivity contribution in [3.8, 4) is 11.3 Å². The van der Waals surface area contributed by atoms with E-state index in [9.17, 15) is 4.39 Å². The van der Waals surface area contributed by atoms with Crippen LogP contribution < -0.4 is 5.73 Å². The summed E-state index contributed by atoms with van der Waals surface area (Å²) in [6.45, 7) is 5.97. The van der Waals surface area contributed by atoms with Crippen LogP contribution in [0.15, 0.2) is 36.5 Å². The summed E-state index contributed by atoms with van der Waals surface area (Å²) in [6.07, 6.45) is 1.66. The largest absolute Gasteiger partial charge is 0.323 e. The molecule has 1 atom stereocenters. The van der Waals surface area contributed by atoms with E-state index in [2.05, 4.69) is 9.97 Å². The quantitative estimate of drug-likeness (QED) is 0.799. The standard InChI is InChI=1S/C17H19FN4/c1-10(2)22-16-14(21-17(22)11(3)19)8-7-12(18)15(16)13-6-4-5-9-20-13/h4-11H,19H2,1-3H3. The molecule has 0 amide bonds. The van der Waals surface area contributed by atoms with Crippen molar-refractivity contribution in [2.24, 2.45) is 5.73 Å². The van der Waals surface area contributed by atoms with Gasteiger partial charge in [-0.05, 0) is 45.0 Å². The van der Waals surface area contributed by atoms with E-state index in [0.717, 1.165) is 16.9 Å². The Hall–Kier alpha value is -2.27. The number of nitrogens with zero attached hydrogens (tertiary/aromatic N) is 3. The van der Waals surface area contributed by atoms with Crippen LogP contribution in [0.3, 0.4) is 0 Å². The Kier molecular flexibility index (Phi) is 3.66. The predicted octanol–water partition coefficient (Wildman–Crippen LogP) is 3.84. The van der Waals surface area contributed by atoms with E-state index in [1.807, 2.05) is 37.5 Å². The first kappa shape index (κ1) is 14.7. The number of aromatic nitrogens is 3. The van der Waals surface area contributed by atoms with Gasteiger partial charge in [-0.15, -0.1) is 0 Å². The average molecular weight is 298 g/mol. The fourth-order valence-corrected chi connectivity index (χ4v) is 2.78. The fourth-order valence-electron chi connectivity index (χ4n) is 2.78. The SMILES string of the molecule is CC(N)c1nc2ccc(F)c(-c3ccccn3)c2n1C(C)C. The molecule has 0 saturated carbocycles.